The van der Waals surface area contributed by atoms with Gasteiger partial charge in [0.25, 0.3) is 0 Å². The van der Waals surface area contributed by atoms with E-state index in [1.807, 2.05) is 54.6 Å². The van der Waals surface area contributed by atoms with Crippen LogP contribution in [0.3, 0.4) is 0 Å². The number of nitrogens with zero attached hydrogens (tertiary/aromatic N) is 2. The lowest BCUT2D eigenvalue weighted by Crippen LogP contribution is -2.19. The highest BCUT2D eigenvalue weighted by molar-refractivity contribution is 5.27. The van der Waals surface area contributed by atoms with Crippen LogP contribution in [0.25, 0.3) is 0 Å². The summed E-state index contributed by atoms with van der Waals surface area (Å²) in [4.78, 5) is 9.15. The monoisotopic (exact) mass is 207 g/mol. The molecule has 1 aliphatic heterocycles. The van der Waals surface area contributed by atoms with Crippen molar-refractivity contribution in [1.29, 1.82) is 0 Å². The first kappa shape index (κ1) is 9.28. The predicted octanol–water partition coefficient (Wildman–Crippen LogP) is 1.63. The molecule has 0 bridgehead atoms. The Morgan fingerprint density at radius 1 is 0.750 bits per heavy atom. The lowest BCUT2D eigenvalue weighted by atomic mass is 10.0. The molecule has 1 radical (unpaired) electrons. The summed E-state index contributed by atoms with van der Waals surface area (Å²) >= 11 is 0. The van der Waals surface area contributed by atoms with Gasteiger partial charge in [-0.3, -0.25) is 0 Å². The lowest BCUT2D eigenvalue weighted by molar-refractivity contribution is 0.589. The first-order chi connectivity index (χ1) is 7.78. The minimum Gasteiger partial charge on any atom is -0.249 e. The molecule has 1 heterocycles. The normalized spacial score (nSPS) is 16.1. The molecule has 0 aliphatic carbocycles. The molecule has 0 spiro atoms. The molecule has 2 aromatic carbocycles. The third-order valence-corrected chi connectivity index (χ3v) is 2.73. The van der Waals surface area contributed by atoms with Gasteiger partial charge in [-0.15, -0.1) is 0 Å². The van der Waals surface area contributed by atoms with Crippen LogP contribution in [0.15, 0.2) is 64.6 Å². The molecule has 0 unspecified atom stereocenters. The molecular weight excluding hydrogens is 196 g/mol. The van der Waals surface area contributed by atoms with Gasteiger partial charge < -0.3 is 0 Å². The molecule has 3 rings (SSSR count). The fourth-order valence-electron chi connectivity index (χ4n) is 1.91. The quantitative estimate of drug-likeness (QED) is 0.679. The SMILES string of the molecule is [CH2]C1(c2ccccc2)N=c2ccccc2=N1. The number of rotatable bonds is 1. The highest BCUT2D eigenvalue weighted by atomic mass is 15.1. The molecule has 0 aromatic heterocycles. The minimum absolute atomic E-state index is 0.703. The number of hydrogen-bond acceptors (Lipinski definition) is 2. The molecule has 16 heavy (non-hydrogen) atoms. The summed E-state index contributed by atoms with van der Waals surface area (Å²) in [5, 5.41) is 1.84. The Bertz CT molecular complexity index is 594. The van der Waals surface area contributed by atoms with Crippen molar-refractivity contribution in [2.24, 2.45) is 9.98 Å². The van der Waals surface area contributed by atoms with Crippen LogP contribution in [0.2, 0.25) is 0 Å². The van der Waals surface area contributed by atoms with Gasteiger partial charge in [0.2, 0.25) is 0 Å². The molecule has 0 N–H and O–H groups in total. The van der Waals surface area contributed by atoms with Gasteiger partial charge >= 0.3 is 0 Å². The van der Waals surface area contributed by atoms with Gasteiger partial charge in [0, 0.05) is 12.5 Å². The van der Waals surface area contributed by atoms with Gasteiger partial charge in [0.1, 0.15) is 0 Å². The van der Waals surface area contributed by atoms with Crippen LogP contribution in [-0.2, 0) is 5.66 Å². The van der Waals surface area contributed by atoms with Crippen molar-refractivity contribution >= 4 is 0 Å². The zero-order valence-electron chi connectivity index (χ0n) is 8.80. The van der Waals surface area contributed by atoms with Crippen LogP contribution in [0, 0.1) is 6.92 Å². The summed E-state index contributed by atoms with van der Waals surface area (Å²) < 4.78 is 0. The van der Waals surface area contributed by atoms with Crippen molar-refractivity contribution in [2.75, 3.05) is 0 Å². The first-order valence-electron chi connectivity index (χ1n) is 5.24. The van der Waals surface area contributed by atoms with E-state index in [-0.39, 0.29) is 0 Å². The summed E-state index contributed by atoms with van der Waals surface area (Å²) in [6, 6.07) is 17.8. The van der Waals surface area contributed by atoms with Crippen molar-refractivity contribution in [3.05, 3.63) is 77.8 Å². The second kappa shape index (κ2) is 3.27. The van der Waals surface area contributed by atoms with Crippen LogP contribution in [0.4, 0.5) is 0 Å². The third-order valence-electron chi connectivity index (χ3n) is 2.73. The predicted molar refractivity (Wildman–Crippen MR) is 62.2 cm³/mol. The van der Waals surface area contributed by atoms with Gasteiger partial charge in [-0.2, -0.15) is 0 Å². The number of hydrogen-bond donors (Lipinski definition) is 0. The maximum Gasteiger partial charge on any atom is 0.177 e. The zero-order chi connectivity index (χ0) is 11.0. The van der Waals surface area contributed by atoms with Crippen LogP contribution < -0.4 is 10.7 Å². The van der Waals surface area contributed by atoms with Crippen LogP contribution in [-0.4, -0.2) is 0 Å². The summed E-state index contributed by atoms with van der Waals surface area (Å²) in [6.45, 7) is 4.12. The van der Waals surface area contributed by atoms with E-state index < -0.39 is 5.66 Å². The first-order valence-corrected chi connectivity index (χ1v) is 5.24. The molecule has 77 valence electrons. The Morgan fingerprint density at radius 3 is 1.81 bits per heavy atom. The Labute approximate surface area is 94.0 Å². The van der Waals surface area contributed by atoms with Gasteiger partial charge in [0.15, 0.2) is 5.66 Å². The topological polar surface area (TPSA) is 24.7 Å². The standard InChI is InChI=1S/C14H11N2/c1-14(11-7-3-2-4-8-11)15-12-9-5-6-10-13(12)16-14/h2-10H,1H2. The summed E-state index contributed by atoms with van der Waals surface area (Å²) in [7, 11) is 0. The van der Waals surface area contributed by atoms with Crippen LogP contribution in [0.5, 0.6) is 0 Å². The van der Waals surface area contributed by atoms with E-state index in [1.165, 1.54) is 0 Å². The van der Waals surface area contributed by atoms with Gasteiger partial charge in [-0.25, -0.2) is 9.98 Å². The van der Waals surface area contributed by atoms with Gasteiger partial charge in [-0.05, 0) is 12.1 Å². The summed E-state index contributed by atoms with van der Waals surface area (Å²) in [6.07, 6.45) is 0. The molecule has 2 nitrogen and oxygen atoms in total. The second-order valence-corrected chi connectivity index (χ2v) is 3.89. The van der Waals surface area contributed by atoms with Crippen molar-refractivity contribution in [3.63, 3.8) is 0 Å². The van der Waals surface area contributed by atoms with Gasteiger partial charge in [0.05, 0.1) is 10.7 Å². The third kappa shape index (κ3) is 1.34. The number of benzene rings is 2. The summed E-state index contributed by atoms with van der Waals surface area (Å²) in [5.41, 5.74) is 0.316. The molecule has 0 saturated carbocycles. The zero-order valence-corrected chi connectivity index (χ0v) is 8.80. The molecule has 0 saturated heterocycles. The second-order valence-electron chi connectivity index (χ2n) is 3.89. The smallest absolute Gasteiger partial charge is 0.177 e. The van der Waals surface area contributed by atoms with E-state index in [9.17, 15) is 0 Å². The van der Waals surface area contributed by atoms with Crippen molar-refractivity contribution in [3.8, 4) is 0 Å². The maximum atomic E-state index is 4.58. The summed E-state index contributed by atoms with van der Waals surface area (Å²) in [5.74, 6) is 0. The lowest BCUT2D eigenvalue weighted by Gasteiger charge is -2.17. The van der Waals surface area contributed by atoms with E-state index in [4.69, 9.17) is 0 Å². The largest absolute Gasteiger partial charge is 0.249 e. The fraction of sp³-hybridized carbons (Fsp3) is 0.0714. The maximum absolute atomic E-state index is 4.58. The van der Waals surface area contributed by atoms with Gasteiger partial charge in [-0.1, -0.05) is 42.5 Å². The Hall–Kier alpha value is -1.96. The van der Waals surface area contributed by atoms with Crippen molar-refractivity contribution in [1.82, 2.24) is 0 Å². The van der Waals surface area contributed by atoms with E-state index in [0.29, 0.717) is 0 Å². The minimum atomic E-state index is -0.703. The van der Waals surface area contributed by atoms with Crippen LogP contribution >= 0.6 is 0 Å². The molecule has 0 atom stereocenters. The fourth-order valence-corrected chi connectivity index (χ4v) is 1.91. The van der Waals surface area contributed by atoms with Crippen molar-refractivity contribution < 1.29 is 0 Å². The Kier molecular flexibility index (Phi) is 1.90. The molecular formula is C14H11N2. The highest BCUT2D eigenvalue weighted by Crippen LogP contribution is 2.26. The van der Waals surface area contributed by atoms with Crippen LogP contribution in [0.1, 0.15) is 5.56 Å². The molecule has 2 aromatic rings. The molecule has 0 fully saturated rings. The Balaban J connectivity index is 2.22. The average molecular weight is 207 g/mol. The molecule has 0 amide bonds. The van der Waals surface area contributed by atoms with E-state index in [0.717, 1.165) is 16.3 Å². The number of para-hydroxylation sites is 2. The van der Waals surface area contributed by atoms with E-state index in [2.05, 4.69) is 16.9 Å². The van der Waals surface area contributed by atoms with E-state index >= 15 is 0 Å². The number of fused-ring (bicyclic) bond motifs is 1. The Morgan fingerprint density at radius 2 is 1.25 bits per heavy atom. The molecule has 1 aliphatic rings. The highest BCUT2D eigenvalue weighted by Gasteiger charge is 2.26. The van der Waals surface area contributed by atoms with E-state index in [1.54, 1.807) is 0 Å². The van der Waals surface area contributed by atoms with Crippen molar-refractivity contribution in [2.45, 2.75) is 5.66 Å². The molecule has 2 heteroatoms. The average Bonchev–Trinajstić information content (AvgIpc) is 2.68.